The van der Waals surface area contributed by atoms with Gasteiger partial charge in [-0.1, -0.05) is 6.92 Å². The second kappa shape index (κ2) is 8.87. The molecule has 3 amide bonds. The molecule has 1 fully saturated rings. The van der Waals surface area contributed by atoms with Crippen LogP contribution in [0.1, 0.15) is 34.1 Å². The van der Waals surface area contributed by atoms with Gasteiger partial charge in [0, 0.05) is 51.7 Å². The van der Waals surface area contributed by atoms with Crippen molar-refractivity contribution >= 4 is 11.9 Å². The first-order valence-electron chi connectivity index (χ1n) is 8.08. The van der Waals surface area contributed by atoms with Gasteiger partial charge in [0.15, 0.2) is 0 Å². The highest BCUT2D eigenvalue weighted by Gasteiger charge is 2.26. The highest BCUT2D eigenvalue weighted by atomic mass is 16.2. The Kier molecular flexibility index (Phi) is 7.50. The first kappa shape index (κ1) is 17.8. The minimum Gasteiger partial charge on any atom is -0.339 e. The molecular weight excluding hydrogens is 268 g/mol. The van der Waals surface area contributed by atoms with Crippen molar-refractivity contribution in [1.82, 2.24) is 20.0 Å². The van der Waals surface area contributed by atoms with Crippen LogP contribution in [0.25, 0.3) is 0 Å². The molecule has 0 aromatic carbocycles. The maximum atomic E-state index is 12.2. The Balaban J connectivity index is 2.41. The van der Waals surface area contributed by atoms with Crippen molar-refractivity contribution in [3.05, 3.63) is 0 Å². The third kappa shape index (κ3) is 5.19. The molecule has 0 aromatic rings. The molecule has 1 aliphatic rings. The summed E-state index contributed by atoms with van der Waals surface area (Å²) < 4.78 is 0. The Morgan fingerprint density at radius 2 is 1.57 bits per heavy atom. The minimum absolute atomic E-state index is 0.0908. The molecule has 0 spiro atoms. The molecule has 1 aliphatic heterocycles. The van der Waals surface area contributed by atoms with E-state index in [2.05, 4.69) is 5.32 Å². The molecule has 6 nitrogen and oxygen atoms in total. The van der Waals surface area contributed by atoms with E-state index in [4.69, 9.17) is 0 Å². The van der Waals surface area contributed by atoms with Gasteiger partial charge in [-0.3, -0.25) is 4.79 Å². The van der Waals surface area contributed by atoms with E-state index < -0.39 is 0 Å². The predicted octanol–water partition coefficient (Wildman–Crippen LogP) is 0.981. The number of hydrogen-bond donors (Lipinski definition) is 1. The van der Waals surface area contributed by atoms with Crippen LogP contribution in [0, 0.1) is 0 Å². The van der Waals surface area contributed by atoms with Crippen molar-refractivity contribution in [3.8, 4) is 0 Å². The Morgan fingerprint density at radius 1 is 1.05 bits per heavy atom. The zero-order valence-electron chi connectivity index (χ0n) is 13.9. The Hall–Kier alpha value is -1.30. The van der Waals surface area contributed by atoms with Gasteiger partial charge in [0.1, 0.15) is 0 Å². The molecule has 1 N–H and O–H groups in total. The lowest BCUT2D eigenvalue weighted by Gasteiger charge is -2.37. The number of piperazine rings is 1. The Labute approximate surface area is 128 Å². The van der Waals surface area contributed by atoms with Gasteiger partial charge < -0.3 is 20.0 Å². The van der Waals surface area contributed by atoms with Crippen LogP contribution in [-0.2, 0) is 4.79 Å². The summed E-state index contributed by atoms with van der Waals surface area (Å²) in [5.74, 6) is 0.179. The maximum Gasteiger partial charge on any atom is 0.320 e. The molecule has 0 aliphatic carbocycles. The quantitative estimate of drug-likeness (QED) is 0.795. The number of hydrogen-bond acceptors (Lipinski definition) is 3. The van der Waals surface area contributed by atoms with Crippen LogP contribution in [0.4, 0.5) is 4.79 Å². The molecule has 1 heterocycles. The topological polar surface area (TPSA) is 55.9 Å². The van der Waals surface area contributed by atoms with Crippen molar-refractivity contribution in [2.45, 2.75) is 40.2 Å². The predicted molar refractivity (Wildman–Crippen MR) is 84.2 cm³/mol. The van der Waals surface area contributed by atoms with Crippen molar-refractivity contribution in [1.29, 1.82) is 0 Å². The van der Waals surface area contributed by atoms with Crippen molar-refractivity contribution < 1.29 is 9.59 Å². The highest BCUT2D eigenvalue weighted by molar-refractivity contribution is 5.78. The van der Waals surface area contributed by atoms with E-state index in [1.807, 2.05) is 42.4 Å². The first-order chi connectivity index (χ1) is 10.0. The number of amides is 3. The molecule has 1 saturated heterocycles. The zero-order chi connectivity index (χ0) is 15.8. The van der Waals surface area contributed by atoms with Crippen molar-refractivity contribution in [2.75, 3.05) is 45.8 Å². The molecule has 0 saturated carbocycles. The second-order valence-corrected chi connectivity index (χ2v) is 5.49. The van der Waals surface area contributed by atoms with Crippen molar-refractivity contribution in [3.63, 3.8) is 0 Å². The van der Waals surface area contributed by atoms with E-state index in [0.717, 1.165) is 19.6 Å². The lowest BCUT2D eigenvalue weighted by Crippen LogP contribution is -2.54. The average Bonchev–Trinajstić information content (AvgIpc) is 2.48. The fraction of sp³-hybridized carbons (Fsp3) is 0.867. The third-order valence-corrected chi connectivity index (χ3v) is 3.97. The summed E-state index contributed by atoms with van der Waals surface area (Å²) in [4.78, 5) is 30.0. The van der Waals surface area contributed by atoms with E-state index >= 15 is 0 Å². The summed E-state index contributed by atoms with van der Waals surface area (Å²) in [6.45, 7) is 12.9. The fourth-order valence-corrected chi connectivity index (χ4v) is 2.65. The van der Waals surface area contributed by atoms with Gasteiger partial charge in [-0.25, -0.2) is 4.79 Å². The minimum atomic E-state index is 0.0908. The third-order valence-electron chi connectivity index (χ3n) is 3.97. The van der Waals surface area contributed by atoms with Gasteiger partial charge >= 0.3 is 6.03 Å². The van der Waals surface area contributed by atoms with E-state index in [1.165, 1.54) is 0 Å². The van der Waals surface area contributed by atoms with E-state index in [9.17, 15) is 9.59 Å². The smallest absolute Gasteiger partial charge is 0.320 e. The van der Waals surface area contributed by atoms with Gasteiger partial charge in [-0.05, 0) is 27.3 Å². The standard InChI is InChI=1S/C15H30N4O2/c1-5-16-13(4)12-14(20)18-8-10-19(11-9-18)15(21)17(6-2)7-3/h13,16H,5-12H2,1-4H3. The molecule has 0 bridgehead atoms. The number of nitrogens with zero attached hydrogens (tertiary/aromatic N) is 3. The van der Waals surface area contributed by atoms with Gasteiger partial charge in [-0.15, -0.1) is 0 Å². The van der Waals surface area contributed by atoms with Crippen LogP contribution < -0.4 is 5.32 Å². The summed E-state index contributed by atoms with van der Waals surface area (Å²) in [5.41, 5.74) is 0. The summed E-state index contributed by atoms with van der Waals surface area (Å²) in [6.07, 6.45) is 0.526. The van der Waals surface area contributed by atoms with Crippen LogP contribution in [0.3, 0.4) is 0 Å². The number of carbonyl (C=O) groups excluding carboxylic acids is 2. The molecule has 1 atom stereocenters. The molecule has 21 heavy (non-hydrogen) atoms. The van der Waals surface area contributed by atoms with Gasteiger partial charge in [0.05, 0.1) is 0 Å². The van der Waals surface area contributed by atoms with Crippen LogP contribution in [-0.4, -0.2) is 78.5 Å². The highest BCUT2D eigenvalue weighted by Crippen LogP contribution is 2.08. The van der Waals surface area contributed by atoms with Gasteiger partial charge in [0.2, 0.25) is 5.91 Å². The molecule has 122 valence electrons. The Bertz CT molecular complexity index is 337. The molecule has 6 heteroatoms. The first-order valence-corrected chi connectivity index (χ1v) is 8.08. The molecule has 0 radical (unpaired) electrons. The summed E-state index contributed by atoms with van der Waals surface area (Å²) >= 11 is 0. The zero-order valence-corrected chi connectivity index (χ0v) is 13.9. The molecular formula is C15H30N4O2. The largest absolute Gasteiger partial charge is 0.339 e. The van der Waals surface area contributed by atoms with Crippen molar-refractivity contribution in [2.24, 2.45) is 0 Å². The summed E-state index contributed by atoms with van der Waals surface area (Å²) in [7, 11) is 0. The SMILES string of the molecule is CCNC(C)CC(=O)N1CCN(C(=O)N(CC)CC)CC1. The average molecular weight is 298 g/mol. The Morgan fingerprint density at radius 3 is 2.05 bits per heavy atom. The van der Waals surface area contributed by atoms with E-state index in [1.54, 1.807) is 0 Å². The molecule has 1 rings (SSSR count). The lowest BCUT2D eigenvalue weighted by atomic mass is 10.2. The maximum absolute atomic E-state index is 12.2. The summed E-state index contributed by atoms with van der Waals surface area (Å²) in [5, 5.41) is 3.25. The van der Waals surface area contributed by atoms with E-state index in [0.29, 0.717) is 32.6 Å². The van der Waals surface area contributed by atoms with Crippen LogP contribution in [0.15, 0.2) is 0 Å². The lowest BCUT2D eigenvalue weighted by molar-refractivity contribution is -0.133. The van der Waals surface area contributed by atoms with Gasteiger partial charge in [0.25, 0.3) is 0 Å². The monoisotopic (exact) mass is 298 g/mol. The second-order valence-electron chi connectivity index (χ2n) is 5.49. The van der Waals surface area contributed by atoms with Crippen LogP contribution in [0.2, 0.25) is 0 Å². The number of nitrogens with one attached hydrogen (secondary N) is 1. The molecule has 0 aromatic heterocycles. The summed E-state index contributed by atoms with van der Waals surface area (Å²) in [6, 6.07) is 0.297. The van der Waals surface area contributed by atoms with Gasteiger partial charge in [-0.2, -0.15) is 0 Å². The van der Waals surface area contributed by atoms with E-state index in [-0.39, 0.29) is 18.0 Å². The number of rotatable bonds is 6. The number of carbonyl (C=O) groups is 2. The fourth-order valence-electron chi connectivity index (χ4n) is 2.65. The number of urea groups is 1. The van der Waals surface area contributed by atoms with Crippen LogP contribution >= 0.6 is 0 Å². The molecule has 1 unspecified atom stereocenters. The normalized spacial score (nSPS) is 16.8. The van der Waals surface area contributed by atoms with Crippen LogP contribution in [0.5, 0.6) is 0 Å².